The van der Waals surface area contributed by atoms with E-state index in [-0.39, 0.29) is 17.2 Å². The minimum atomic E-state index is -0.232. The van der Waals surface area contributed by atoms with Crippen LogP contribution in [0.1, 0.15) is 25.3 Å². The van der Waals surface area contributed by atoms with Crippen LogP contribution < -0.4 is 5.32 Å². The molecule has 1 aliphatic rings. The molecule has 104 valence electrons. The van der Waals surface area contributed by atoms with E-state index in [1.807, 2.05) is 13.0 Å². The molecule has 1 fully saturated rings. The number of benzene rings is 1. The summed E-state index contributed by atoms with van der Waals surface area (Å²) in [6.45, 7) is 4.81. The van der Waals surface area contributed by atoms with Crippen LogP contribution in [0.25, 0.3) is 0 Å². The maximum absolute atomic E-state index is 11.7. The lowest BCUT2D eigenvalue weighted by Gasteiger charge is -2.33. The maximum Gasteiger partial charge on any atom is 0.232 e. The van der Waals surface area contributed by atoms with E-state index in [0.29, 0.717) is 0 Å². The summed E-state index contributed by atoms with van der Waals surface area (Å²) in [5.41, 5.74) is 1.33. The third kappa shape index (κ3) is 4.55. The molecule has 0 spiro atoms. The zero-order valence-electron chi connectivity index (χ0n) is 11.4. The van der Waals surface area contributed by atoms with Crippen molar-refractivity contribution in [3.63, 3.8) is 0 Å². The predicted octanol–water partition coefficient (Wildman–Crippen LogP) is 2.09. The number of nitrogens with one attached hydrogen (secondary N) is 1. The first-order chi connectivity index (χ1) is 9.15. The van der Waals surface area contributed by atoms with Crippen molar-refractivity contribution >= 4 is 18.5 Å². The molecule has 2 rings (SSSR count). The van der Waals surface area contributed by atoms with Crippen molar-refractivity contribution in [2.75, 3.05) is 13.1 Å². The van der Waals surface area contributed by atoms with Crippen LogP contribution in [0.15, 0.2) is 30.3 Å². The number of amides is 1. The molecule has 4 heteroatoms. The Bertz CT molecular complexity index is 408. The second-order valence-electron chi connectivity index (χ2n) is 5.24. The molecule has 1 aromatic rings. The van der Waals surface area contributed by atoms with Gasteiger partial charge < -0.3 is 5.32 Å². The summed E-state index contributed by atoms with van der Waals surface area (Å²) in [5.74, 6) is 0.0369. The third-order valence-electron chi connectivity index (χ3n) is 3.48. The van der Waals surface area contributed by atoms with Crippen molar-refractivity contribution in [1.29, 1.82) is 0 Å². The first kappa shape index (κ1) is 14.4. The van der Waals surface area contributed by atoms with Gasteiger partial charge in [-0.25, -0.2) is 0 Å². The van der Waals surface area contributed by atoms with Crippen molar-refractivity contribution in [1.82, 2.24) is 10.2 Å². The molecule has 1 heterocycles. The topological polar surface area (TPSA) is 32.3 Å². The molecule has 0 saturated carbocycles. The predicted molar refractivity (Wildman–Crippen MR) is 81.3 cm³/mol. The van der Waals surface area contributed by atoms with Crippen LogP contribution in [0.2, 0.25) is 0 Å². The van der Waals surface area contributed by atoms with Crippen LogP contribution in [0, 0.1) is 0 Å². The van der Waals surface area contributed by atoms with Crippen LogP contribution in [-0.4, -0.2) is 35.2 Å². The van der Waals surface area contributed by atoms with Crippen LogP contribution in [0.5, 0.6) is 0 Å². The highest BCUT2D eigenvalue weighted by atomic mass is 32.1. The third-order valence-corrected chi connectivity index (χ3v) is 3.71. The van der Waals surface area contributed by atoms with Crippen molar-refractivity contribution in [2.24, 2.45) is 0 Å². The summed E-state index contributed by atoms with van der Waals surface area (Å²) in [5, 5.41) is 2.85. The molecule has 19 heavy (non-hydrogen) atoms. The molecule has 0 radical (unpaired) electrons. The number of carbonyl (C=O) groups is 1. The number of rotatable bonds is 4. The number of hydrogen-bond acceptors (Lipinski definition) is 3. The lowest BCUT2D eigenvalue weighted by Crippen LogP contribution is -2.48. The maximum atomic E-state index is 11.7. The van der Waals surface area contributed by atoms with Crippen molar-refractivity contribution < 1.29 is 4.79 Å². The summed E-state index contributed by atoms with van der Waals surface area (Å²) in [7, 11) is 0. The van der Waals surface area contributed by atoms with E-state index in [0.717, 1.165) is 32.5 Å². The Morgan fingerprint density at radius 3 is 2.89 bits per heavy atom. The van der Waals surface area contributed by atoms with Gasteiger partial charge in [-0.05, 0) is 31.9 Å². The van der Waals surface area contributed by atoms with Gasteiger partial charge in [-0.1, -0.05) is 30.3 Å². The molecule has 2 unspecified atom stereocenters. The smallest absolute Gasteiger partial charge is 0.232 e. The first-order valence-corrected chi connectivity index (χ1v) is 7.41. The molecule has 1 saturated heterocycles. The number of nitrogens with zero attached hydrogens (tertiary/aromatic N) is 1. The van der Waals surface area contributed by atoms with Gasteiger partial charge >= 0.3 is 0 Å². The van der Waals surface area contributed by atoms with Crippen molar-refractivity contribution in [2.45, 2.75) is 37.6 Å². The molecule has 0 aromatic heterocycles. The summed E-state index contributed by atoms with van der Waals surface area (Å²) >= 11 is 4.17. The molecule has 2 atom stereocenters. The van der Waals surface area contributed by atoms with Gasteiger partial charge in [-0.3, -0.25) is 9.69 Å². The second-order valence-corrected chi connectivity index (χ2v) is 6.02. The summed E-state index contributed by atoms with van der Waals surface area (Å²) in [6, 6.07) is 10.7. The van der Waals surface area contributed by atoms with E-state index in [1.165, 1.54) is 5.56 Å². The summed E-state index contributed by atoms with van der Waals surface area (Å²) in [6.07, 6.45) is 2.20. The molecule has 3 nitrogen and oxygen atoms in total. The number of piperidine rings is 1. The van der Waals surface area contributed by atoms with Crippen LogP contribution >= 0.6 is 12.6 Å². The van der Waals surface area contributed by atoms with Gasteiger partial charge in [0.05, 0.1) is 5.25 Å². The van der Waals surface area contributed by atoms with Gasteiger partial charge in [0.1, 0.15) is 0 Å². The Morgan fingerprint density at radius 1 is 1.47 bits per heavy atom. The van der Waals surface area contributed by atoms with E-state index >= 15 is 0 Å². The molecule has 0 bridgehead atoms. The highest BCUT2D eigenvalue weighted by Crippen LogP contribution is 2.14. The van der Waals surface area contributed by atoms with Gasteiger partial charge in [-0.15, -0.1) is 0 Å². The molecular formula is C15H22N2OS. The Morgan fingerprint density at radius 2 is 2.21 bits per heavy atom. The molecule has 1 N–H and O–H groups in total. The van der Waals surface area contributed by atoms with Crippen LogP contribution in [-0.2, 0) is 11.3 Å². The minimum absolute atomic E-state index is 0.0369. The van der Waals surface area contributed by atoms with E-state index in [2.05, 4.69) is 47.1 Å². The molecule has 1 aliphatic heterocycles. The van der Waals surface area contributed by atoms with E-state index < -0.39 is 0 Å². The normalized spacial score (nSPS) is 21.9. The fourth-order valence-electron chi connectivity index (χ4n) is 2.48. The van der Waals surface area contributed by atoms with E-state index in [4.69, 9.17) is 0 Å². The lowest BCUT2D eigenvalue weighted by atomic mass is 10.0. The standard InChI is InChI=1S/C15H22N2OS/c1-12(19)15(18)16-14-8-5-9-17(11-14)10-13-6-3-2-4-7-13/h2-4,6-7,12,14,19H,5,8-11H2,1H3,(H,16,18). The Labute approximate surface area is 120 Å². The number of thiol groups is 1. The quantitative estimate of drug-likeness (QED) is 0.827. The molecular weight excluding hydrogens is 256 g/mol. The highest BCUT2D eigenvalue weighted by molar-refractivity contribution is 7.81. The van der Waals surface area contributed by atoms with Crippen LogP contribution in [0.3, 0.4) is 0 Å². The summed E-state index contributed by atoms with van der Waals surface area (Å²) < 4.78 is 0. The number of carbonyl (C=O) groups excluding carboxylic acids is 1. The van der Waals surface area contributed by atoms with E-state index in [1.54, 1.807) is 0 Å². The minimum Gasteiger partial charge on any atom is -0.351 e. The van der Waals surface area contributed by atoms with Gasteiger partial charge in [0.15, 0.2) is 0 Å². The SMILES string of the molecule is CC(S)C(=O)NC1CCCN(Cc2ccccc2)C1. The Balaban J connectivity index is 1.85. The Hall–Kier alpha value is -1.00. The number of likely N-dealkylation sites (tertiary alicyclic amines) is 1. The molecule has 0 aliphatic carbocycles. The van der Waals surface area contributed by atoms with Gasteiger partial charge in [0.25, 0.3) is 0 Å². The van der Waals surface area contributed by atoms with Gasteiger partial charge in [0.2, 0.25) is 5.91 Å². The number of hydrogen-bond donors (Lipinski definition) is 2. The largest absolute Gasteiger partial charge is 0.351 e. The van der Waals surface area contributed by atoms with Crippen LogP contribution in [0.4, 0.5) is 0 Å². The zero-order valence-corrected chi connectivity index (χ0v) is 12.3. The first-order valence-electron chi connectivity index (χ1n) is 6.90. The van der Waals surface area contributed by atoms with E-state index in [9.17, 15) is 4.79 Å². The molecule has 1 aromatic carbocycles. The Kier molecular flexibility index (Phi) is 5.28. The second kappa shape index (κ2) is 6.96. The molecule has 1 amide bonds. The van der Waals surface area contributed by atoms with Crippen molar-refractivity contribution in [3.8, 4) is 0 Å². The summed E-state index contributed by atoms with van der Waals surface area (Å²) in [4.78, 5) is 14.1. The lowest BCUT2D eigenvalue weighted by molar-refractivity contribution is -0.121. The zero-order chi connectivity index (χ0) is 13.7. The van der Waals surface area contributed by atoms with Crippen molar-refractivity contribution in [3.05, 3.63) is 35.9 Å². The highest BCUT2D eigenvalue weighted by Gasteiger charge is 2.22. The average molecular weight is 278 g/mol. The fraction of sp³-hybridized carbons (Fsp3) is 0.533. The monoisotopic (exact) mass is 278 g/mol. The van der Waals surface area contributed by atoms with Gasteiger partial charge in [-0.2, -0.15) is 12.6 Å². The fourth-order valence-corrected chi connectivity index (χ4v) is 2.55. The van der Waals surface area contributed by atoms with Gasteiger partial charge in [0, 0.05) is 19.1 Å². The average Bonchev–Trinajstić information content (AvgIpc) is 2.40.